The predicted molar refractivity (Wildman–Crippen MR) is 110 cm³/mol. The number of benzene rings is 2. The number of aryl methyl sites for hydroxylation is 1. The molecule has 0 spiro atoms. The second kappa shape index (κ2) is 8.33. The lowest BCUT2D eigenvalue weighted by Gasteiger charge is -2.26. The third kappa shape index (κ3) is 4.11. The molecule has 6 nitrogen and oxygen atoms in total. The zero-order chi connectivity index (χ0) is 20.3. The SMILES string of the molecule is COc1ccc(C2CCCN2C(=O)Nc2cc(C(=O)N(C)C)ccc2C)cc1. The molecule has 1 fully saturated rings. The van der Waals surface area contributed by atoms with Gasteiger partial charge in [0, 0.05) is 31.9 Å². The van der Waals surface area contributed by atoms with Gasteiger partial charge in [0.2, 0.25) is 0 Å². The van der Waals surface area contributed by atoms with Crippen molar-refractivity contribution >= 4 is 17.6 Å². The van der Waals surface area contributed by atoms with Gasteiger partial charge in [-0.25, -0.2) is 4.79 Å². The Morgan fingerprint density at radius 1 is 1.14 bits per heavy atom. The van der Waals surface area contributed by atoms with E-state index in [4.69, 9.17) is 4.74 Å². The Bertz CT molecular complexity index is 862. The molecule has 0 saturated carbocycles. The van der Waals surface area contributed by atoms with Gasteiger partial charge >= 0.3 is 6.03 Å². The van der Waals surface area contributed by atoms with Gasteiger partial charge in [-0.2, -0.15) is 0 Å². The van der Waals surface area contributed by atoms with Gasteiger partial charge in [0.05, 0.1) is 13.2 Å². The van der Waals surface area contributed by atoms with Crippen LogP contribution in [0.3, 0.4) is 0 Å². The number of carbonyl (C=O) groups excluding carboxylic acids is 2. The normalized spacial score (nSPS) is 16.0. The van der Waals surface area contributed by atoms with Crippen molar-refractivity contribution in [3.05, 3.63) is 59.2 Å². The fourth-order valence-corrected chi connectivity index (χ4v) is 3.52. The summed E-state index contributed by atoms with van der Waals surface area (Å²) in [7, 11) is 5.07. The topological polar surface area (TPSA) is 61.9 Å². The standard InChI is InChI=1S/C22H27N3O3/c1-15-7-8-17(21(26)24(2)3)14-19(15)23-22(27)25-13-5-6-20(25)16-9-11-18(28-4)12-10-16/h7-12,14,20H,5-6,13H2,1-4H3,(H,23,27). The van der Waals surface area contributed by atoms with Gasteiger partial charge in [0.1, 0.15) is 5.75 Å². The fourth-order valence-electron chi connectivity index (χ4n) is 3.52. The maximum Gasteiger partial charge on any atom is 0.322 e. The van der Waals surface area contributed by atoms with Crippen LogP contribution < -0.4 is 10.1 Å². The van der Waals surface area contributed by atoms with E-state index in [1.165, 1.54) is 4.90 Å². The quantitative estimate of drug-likeness (QED) is 0.868. The average Bonchev–Trinajstić information content (AvgIpc) is 3.19. The lowest BCUT2D eigenvalue weighted by Crippen LogP contribution is -2.34. The van der Waals surface area contributed by atoms with Gasteiger partial charge < -0.3 is 19.9 Å². The molecule has 0 aromatic heterocycles. The number of methoxy groups -OCH3 is 1. The molecule has 0 bridgehead atoms. The highest BCUT2D eigenvalue weighted by Gasteiger charge is 2.30. The summed E-state index contributed by atoms with van der Waals surface area (Å²) in [5.74, 6) is 0.712. The van der Waals surface area contributed by atoms with Crippen molar-refractivity contribution in [2.45, 2.75) is 25.8 Å². The Morgan fingerprint density at radius 3 is 2.50 bits per heavy atom. The number of likely N-dealkylation sites (tertiary alicyclic amines) is 1. The molecule has 6 heteroatoms. The maximum absolute atomic E-state index is 13.0. The summed E-state index contributed by atoms with van der Waals surface area (Å²) in [5, 5.41) is 3.00. The van der Waals surface area contributed by atoms with Gasteiger partial charge in [-0.1, -0.05) is 18.2 Å². The third-order valence-electron chi connectivity index (χ3n) is 5.15. The molecule has 0 aliphatic carbocycles. The van der Waals surface area contributed by atoms with E-state index >= 15 is 0 Å². The summed E-state index contributed by atoms with van der Waals surface area (Å²) >= 11 is 0. The number of urea groups is 1. The first-order chi connectivity index (χ1) is 13.4. The van der Waals surface area contributed by atoms with Crippen LogP contribution in [0.2, 0.25) is 0 Å². The van der Waals surface area contributed by atoms with Crippen LogP contribution in [0.4, 0.5) is 10.5 Å². The molecule has 3 amide bonds. The number of amides is 3. The van der Waals surface area contributed by atoms with E-state index in [1.54, 1.807) is 33.3 Å². The van der Waals surface area contributed by atoms with Crippen LogP contribution in [0.5, 0.6) is 5.75 Å². The molecule has 1 atom stereocenters. The van der Waals surface area contributed by atoms with Crippen molar-refractivity contribution in [1.82, 2.24) is 9.80 Å². The average molecular weight is 381 g/mol. The molecule has 1 aliphatic heterocycles. The summed E-state index contributed by atoms with van der Waals surface area (Å²) in [6, 6.07) is 13.1. The van der Waals surface area contributed by atoms with E-state index in [9.17, 15) is 9.59 Å². The summed E-state index contributed by atoms with van der Waals surface area (Å²) in [4.78, 5) is 28.6. The Balaban J connectivity index is 1.78. The van der Waals surface area contributed by atoms with Crippen LogP contribution in [0.25, 0.3) is 0 Å². The lowest BCUT2D eigenvalue weighted by molar-refractivity contribution is 0.0827. The lowest BCUT2D eigenvalue weighted by atomic mass is 10.0. The minimum absolute atomic E-state index is 0.0396. The van der Waals surface area contributed by atoms with Crippen LogP contribution in [-0.2, 0) is 0 Å². The minimum Gasteiger partial charge on any atom is -0.497 e. The first-order valence-corrected chi connectivity index (χ1v) is 9.44. The number of rotatable bonds is 4. The third-order valence-corrected chi connectivity index (χ3v) is 5.15. The van der Waals surface area contributed by atoms with E-state index < -0.39 is 0 Å². The Labute approximate surface area is 166 Å². The van der Waals surface area contributed by atoms with E-state index in [-0.39, 0.29) is 18.0 Å². The zero-order valence-electron chi connectivity index (χ0n) is 16.9. The number of hydrogen-bond acceptors (Lipinski definition) is 3. The van der Waals surface area contributed by atoms with Crippen LogP contribution in [0, 0.1) is 6.92 Å². The van der Waals surface area contributed by atoms with Gasteiger partial charge in [-0.05, 0) is 55.2 Å². The Morgan fingerprint density at radius 2 is 1.86 bits per heavy atom. The Kier molecular flexibility index (Phi) is 5.87. The molecule has 28 heavy (non-hydrogen) atoms. The second-order valence-electron chi connectivity index (χ2n) is 7.28. The maximum atomic E-state index is 13.0. The molecule has 2 aromatic rings. The molecule has 1 aliphatic rings. The molecular formula is C22H27N3O3. The molecule has 0 radical (unpaired) electrons. The highest BCUT2D eigenvalue weighted by atomic mass is 16.5. The first kappa shape index (κ1) is 19.7. The highest BCUT2D eigenvalue weighted by Crippen LogP contribution is 2.33. The van der Waals surface area contributed by atoms with E-state index in [0.717, 1.165) is 29.7 Å². The molecule has 1 N–H and O–H groups in total. The summed E-state index contributed by atoms with van der Waals surface area (Å²) in [6.07, 6.45) is 1.89. The van der Waals surface area contributed by atoms with Gasteiger partial charge in [-0.15, -0.1) is 0 Å². The number of hydrogen-bond donors (Lipinski definition) is 1. The number of anilines is 1. The molecule has 1 heterocycles. The summed E-state index contributed by atoms with van der Waals surface area (Å²) in [5.41, 5.74) is 3.24. The van der Waals surface area contributed by atoms with Crippen molar-refractivity contribution in [1.29, 1.82) is 0 Å². The van der Waals surface area contributed by atoms with Gasteiger partial charge in [0.25, 0.3) is 5.91 Å². The minimum atomic E-state index is -0.143. The van der Waals surface area contributed by atoms with Crippen LogP contribution in [-0.4, -0.2) is 49.5 Å². The molecule has 148 valence electrons. The van der Waals surface area contributed by atoms with Crippen molar-refractivity contribution in [3.8, 4) is 5.75 Å². The summed E-state index contributed by atoms with van der Waals surface area (Å²) in [6.45, 7) is 2.63. The smallest absolute Gasteiger partial charge is 0.322 e. The number of carbonyl (C=O) groups is 2. The van der Waals surface area contributed by atoms with Gasteiger partial charge in [0.15, 0.2) is 0 Å². The van der Waals surface area contributed by atoms with Gasteiger partial charge in [-0.3, -0.25) is 4.79 Å². The molecular weight excluding hydrogens is 354 g/mol. The summed E-state index contributed by atoms with van der Waals surface area (Å²) < 4.78 is 5.22. The second-order valence-corrected chi connectivity index (χ2v) is 7.28. The Hall–Kier alpha value is -3.02. The zero-order valence-corrected chi connectivity index (χ0v) is 16.9. The molecule has 1 unspecified atom stereocenters. The number of nitrogens with one attached hydrogen (secondary N) is 1. The van der Waals surface area contributed by atoms with E-state index in [0.29, 0.717) is 17.8 Å². The van der Waals surface area contributed by atoms with E-state index in [2.05, 4.69) is 5.32 Å². The predicted octanol–water partition coefficient (Wildman–Crippen LogP) is 4.07. The molecule has 1 saturated heterocycles. The van der Waals surface area contributed by atoms with Crippen molar-refractivity contribution in [3.63, 3.8) is 0 Å². The van der Waals surface area contributed by atoms with Crippen molar-refractivity contribution < 1.29 is 14.3 Å². The number of nitrogens with zero attached hydrogens (tertiary/aromatic N) is 2. The van der Waals surface area contributed by atoms with Crippen LogP contribution in [0.15, 0.2) is 42.5 Å². The molecule has 3 rings (SSSR count). The largest absolute Gasteiger partial charge is 0.497 e. The molecule has 2 aromatic carbocycles. The monoisotopic (exact) mass is 381 g/mol. The number of ether oxygens (including phenoxy) is 1. The fraction of sp³-hybridized carbons (Fsp3) is 0.364. The van der Waals surface area contributed by atoms with Crippen molar-refractivity contribution in [2.24, 2.45) is 0 Å². The highest BCUT2D eigenvalue weighted by molar-refractivity contribution is 5.97. The van der Waals surface area contributed by atoms with E-state index in [1.807, 2.05) is 42.2 Å². The van der Waals surface area contributed by atoms with Crippen LogP contribution in [0.1, 0.15) is 40.4 Å². The van der Waals surface area contributed by atoms with Crippen LogP contribution >= 0.6 is 0 Å². The van der Waals surface area contributed by atoms with Crippen molar-refractivity contribution in [2.75, 3.05) is 33.1 Å². The first-order valence-electron chi connectivity index (χ1n) is 9.44.